The van der Waals surface area contributed by atoms with Crippen LogP contribution in [0.3, 0.4) is 0 Å². The lowest BCUT2D eigenvalue weighted by molar-refractivity contribution is 0.0506. The average Bonchev–Trinajstić information content (AvgIpc) is 2.78. The Kier molecular flexibility index (Phi) is 5.01. The van der Waals surface area contributed by atoms with Crippen molar-refractivity contribution in [1.29, 1.82) is 0 Å². The van der Waals surface area contributed by atoms with E-state index >= 15 is 0 Å². The number of likely N-dealkylation sites (tertiary alicyclic amines) is 1. The van der Waals surface area contributed by atoms with Gasteiger partial charge in [0.05, 0.1) is 0 Å². The normalized spacial score (nSPS) is 19.2. The fraction of sp³-hybridized carbons (Fsp3) is 0.562. The second-order valence-electron chi connectivity index (χ2n) is 6.62. The number of nitrogens with one attached hydrogen (secondary N) is 1. The molecule has 1 N–H and O–H groups in total. The highest BCUT2D eigenvalue weighted by Gasteiger charge is 2.26. The van der Waals surface area contributed by atoms with Gasteiger partial charge < -0.3 is 10.1 Å². The van der Waals surface area contributed by atoms with Crippen LogP contribution in [0.2, 0.25) is 0 Å². The maximum Gasteiger partial charge on any atom is 0.407 e. The standard InChI is InChI=1S/C16H22F2N2O2/c1-16(2,3)22-15(21)19-12-6-7-20(10-12)9-11-4-5-13(17)14(18)8-11/h4-5,8,12H,6-7,9-10H2,1-3H3,(H,19,21). The number of amides is 1. The molecule has 0 radical (unpaired) electrons. The minimum atomic E-state index is -0.838. The van der Waals surface area contributed by atoms with Gasteiger partial charge >= 0.3 is 6.09 Å². The molecule has 1 aliphatic rings. The van der Waals surface area contributed by atoms with Crippen LogP contribution in [-0.2, 0) is 11.3 Å². The first kappa shape index (κ1) is 16.7. The fourth-order valence-corrected chi connectivity index (χ4v) is 2.46. The number of carbonyl (C=O) groups excluding carboxylic acids is 1. The van der Waals surface area contributed by atoms with Crippen LogP contribution in [-0.4, -0.2) is 35.7 Å². The van der Waals surface area contributed by atoms with Gasteiger partial charge in [-0.2, -0.15) is 0 Å². The third-order valence-corrected chi connectivity index (χ3v) is 3.38. The molecule has 1 aromatic carbocycles. The van der Waals surface area contributed by atoms with E-state index in [1.54, 1.807) is 6.07 Å². The first-order valence-electron chi connectivity index (χ1n) is 7.39. The minimum absolute atomic E-state index is 0.0140. The number of hydrogen-bond acceptors (Lipinski definition) is 3. The van der Waals surface area contributed by atoms with Crippen LogP contribution < -0.4 is 5.32 Å². The summed E-state index contributed by atoms with van der Waals surface area (Å²) in [6.07, 6.45) is 0.385. The molecule has 1 atom stereocenters. The number of halogens is 2. The number of carbonyl (C=O) groups is 1. The summed E-state index contributed by atoms with van der Waals surface area (Å²) in [5.41, 5.74) is 0.199. The quantitative estimate of drug-likeness (QED) is 0.932. The van der Waals surface area contributed by atoms with E-state index in [4.69, 9.17) is 4.74 Å². The topological polar surface area (TPSA) is 41.6 Å². The molecule has 0 saturated carbocycles. The Balaban J connectivity index is 1.82. The molecule has 4 nitrogen and oxygen atoms in total. The zero-order valence-electron chi connectivity index (χ0n) is 13.2. The Morgan fingerprint density at radius 1 is 1.36 bits per heavy atom. The van der Waals surface area contributed by atoms with E-state index in [-0.39, 0.29) is 6.04 Å². The van der Waals surface area contributed by atoms with Gasteiger partial charge in [0.15, 0.2) is 11.6 Å². The molecule has 122 valence electrons. The molecule has 1 amide bonds. The molecular formula is C16H22F2N2O2. The van der Waals surface area contributed by atoms with Crippen molar-refractivity contribution in [3.05, 3.63) is 35.4 Å². The molecule has 0 spiro atoms. The lowest BCUT2D eigenvalue weighted by atomic mass is 10.2. The third kappa shape index (κ3) is 4.94. The second-order valence-corrected chi connectivity index (χ2v) is 6.62. The summed E-state index contributed by atoms with van der Waals surface area (Å²) in [4.78, 5) is 13.8. The lowest BCUT2D eigenvalue weighted by Gasteiger charge is -2.22. The summed E-state index contributed by atoms with van der Waals surface area (Å²) in [5.74, 6) is -1.67. The molecule has 0 bridgehead atoms. The first-order valence-corrected chi connectivity index (χ1v) is 7.39. The van der Waals surface area contributed by atoms with Gasteiger partial charge in [0.25, 0.3) is 0 Å². The average molecular weight is 312 g/mol. The van der Waals surface area contributed by atoms with Crippen LogP contribution in [0.15, 0.2) is 18.2 Å². The van der Waals surface area contributed by atoms with Crippen LogP contribution in [0, 0.1) is 11.6 Å². The number of rotatable bonds is 3. The highest BCUT2D eigenvalue weighted by molar-refractivity contribution is 5.68. The van der Waals surface area contributed by atoms with Crippen molar-refractivity contribution < 1.29 is 18.3 Å². The van der Waals surface area contributed by atoms with Gasteiger partial charge in [-0.15, -0.1) is 0 Å². The van der Waals surface area contributed by atoms with E-state index in [0.29, 0.717) is 13.1 Å². The summed E-state index contributed by atoms with van der Waals surface area (Å²) < 4.78 is 31.3. The summed E-state index contributed by atoms with van der Waals surface area (Å²) in [6.45, 7) is 7.44. The van der Waals surface area contributed by atoms with Crippen molar-refractivity contribution in [3.8, 4) is 0 Å². The number of alkyl carbamates (subject to hydrolysis) is 1. The molecule has 0 aliphatic carbocycles. The Hall–Kier alpha value is -1.69. The van der Waals surface area contributed by atoms with E-state index in [1.807, 2.05) is 20.8 Å². The lowest BCUT2D eigenvalue weighted by Crippen LogP contribution is -2.40. The molecule has 1 saturated heterocycles. The summed E-state index contributed by atoms with van der Waals surface area (Å²) in [6, 6.07) is 3.94. The number of benzene rings is 1. The molecule has 1 heterocycles. The Bertz CT molecular complexity index is 543. The molecule has 1 unspecified atom stereocenters. The van der Waals surface area contributed by atoms with E-state index < -0.39 is 23.3 Å². The first-order chi connectivity index (χ1) is 10.2. The van der Waals surface area contributed by atoms with E-state index in [2.05, 4.69) is 10.2 Å². The van der Waals surface area contributed by atoms with Gasteiger partial charge in [0, 0.05) is 25.7 Å². The van der Waals surface area contributed by atoms with Crippen molar-refractivity contribution >= 4 is 6.09 Å². The predicted molar refractivity (Wildman–Crippen MR) is 79.4 cm³/mol. The van der Waals surface area contributed by atoms with Gasteiger partial charge in [-0.3, -0.25) is 4.90 Å². The molecule has 6 heteroatoms. The number of hydrogen-bond donors (Lipinski definition) is 1. The van der Waals surface area contributed by atoms with Gasteiger partial charge in [0.1, 0.15) is 5.60 Å². The Morgan fingerprint density at radius 3 is 2.73 bits per heavy atom. The predicted octanol–water partition coefficient (Wildman–Crippen LogP) is 3.06. The van der Waals surface area contributed by atoms with Gasteiger partial charge in [-0.25, -0.2) is 13.6 Å². The van der Waals surface area contributed by atoms with Crippen LogP contribution >= 0.6 is 0 Å². The van der Waals surface area contributed by atoms with Gasteiger partial charge in [-0.1, -0.05) is 6.07 Å². The SMILES string of the molecule is CC(C)(C)OC(=O)NC1CCN(Cc2ccc(F)c(F)c2)C1. The second kappa shape index (κ2) is 6.60. The van der Waals surface area contributed by atoms with Crippen molar-refractivity contribution in [1.82, 2.24) is 10.2 Å². The molecule has 1 aromatic rings. The largest absolute Gasteiger partial charge is 0.444 e. The molecular weight excluding hydrogens is 290 g/mol. The summed E-state index contributed by atoms with van der Waals surface area (Å²) in [7, 11) is 0. The van der Waals surface area contributed by atoms with E-state index in [0.717, 1.165) is 24.6 Å². The van der Waals surface area contributed by atoms with Crippen molar-refractivity contribution in [2.75, 3.05) is 13.1 Å². The van der Waals surface area contributed by atoms with Crippen LogP contribution in [0.4, 0.5) is 13.6 Å². The summed E-state index contributed by atoms with van der Waals surface area (Å²) >= 11 is 0. The van der Waals surface area contributed by atoms with Gasteiger partial charge in [-0.05, 0) is 44.9 Å². The zero-order chi connectivity index (χ0) is 16.3. The van der Waals surface area contributed by atoms with Crippen molar-refractivity contribution in [3.63, 3.8) is 0 Å². The monoisotopic (exact) mass is 312 g/mol. The number of ether oxygens (including phenoxy) is 1. The molecule has 0 aromatic heterocycles. The highest BCUT2D eigenvalue weighted by atomic mass is 19.2. The zero-order valence-corrected chi connectivity index (χ0v) is 13.2. The van der Waals surface area contributed by atoms with Crippen LogP contribution in [0.1, 0.15) is 32.8 Å². The Labute approximate surface area is 129 Å². The van der Waals surface area contributed by atoms with Crippen molar-refractivity contribution in [2.24, 2.45) is 0 Å². The Morgan fingerprint density at radius 2 is 2.09 bits per heavy atom. The van der Waals surface area contributed by atoms with Crippen molar-refractivity contribution in [2.45, 2.75) is 45.4 Å². The third-order valence-electron chi connectivity index (χ3n) is 3.38. The molecule has 22 heavy (non-hydrogen) atoms. The minimum Gasteiger partial charge on any atom is -0.444 e. The molecule has 2 rings (SSSR count). The van der Waals surface area contributed by atoms with E-state index in [1.165, 1.54) is 6.07 Å². The number of nitrogens with zero attached hydrogens (tertiary/aromatic N) is 1. The molecule has 1 fully saturated rings. The van der Waals surface area contributed by atoms with Crippen LogP contribution in [0.5, 0.6) is 0 Å². The smallest absolute Gasteiger partial charge is 0.407 e. The molecule has 1 aliphatic heterocycles. The van der Waals surface area contributed by atoms with Crippen LogP contribution in [0.25, 0.3) is 0 Å². The van der Waals surface area contributed by atoms with E-state index in [9.17, 15) is 13.6 Å². The fourth-order valence-electron chi connectivity index (χ4n) is 2.46. The maximum atomic E-state index is 13.2. The maximum absolute atomic E-state index is 13.2. The van der Waals surface area contributed by atoms with Gasteiger partial charge in [0.2, 0.25) is 0 Å². The summed E-state index contributed by atoms with van der Waals surface area (Å²) in [5, 5.41) is 2.83. The highest BCUT2D eigenvalue weighted by Crippen LogP contribution is 2.16.